The van der Waals surface area contributed by atoms with E-state index in [1.807, 2.05) is 0 Å². The van der Waals surface area contributed by atoms with Crippen molar-refractivity contribution in [2.24, 2.45) is 0 Å². The predicted molar refractivity (Wildman–Crippen MR) is 110 cm³/mol. The zero-order valence-electron chi connectivity index (χ0n) is 15.1. The topological polar surface area (TPSA) is 27.3 Å². The maximum absolute atomic E-state index is 5.50. The second-order valence-corrected chi connectivity index (χ2v) is 7.42. The van der Waals surface area contributed by atoms with Crippen molar-refractivity contribution >= 4 is 23.0 Å². The lowest BCUT2D eigenvalue weighted by Gasteiger charge is -2.33. The number of hydrogen-bond donors (Lipinski definition) is 2. The van der Waals surface area contributed by atoms with Gasteiger partial charge < -0.3 is 10.6 Å². The molecule has 1 heterocycles. The molecule has 0 amide bonds. The maximum atomic E-state index is 5.50. The summed E-state index contributed by atoms with van der Waals surface area (Å²) in [7, 11) is 0. The number of piperidine rings is 1. The van der Waals surface area contributed by atoms with Crippen molar-refractivity contribution in [2.75, 3.05) is 18.4 Å². The molecule has 0 aromatic heterocycles. The van der Waals surface area contributed by atoms with Crippen molar-refractivity contribution < 1.29 is 0 Å². The first-order valence-corrected chi connectivity index (χ1v) is 9.41. The number of thiocarbonyl (C=S) groups is 1. The lowest BCUT2D eigenvalue weighted by Crippen LogP contribution is -2.45. The van der Waals surface area contributed by atoms with Gasteiger partial charge in [-0.25, -0.2) is 0 Å². The van der Waals surface area contributed by atoms with Crippen LogP contribution in [0.25, 0.3) is 0 Å². The molecule has 2 aromatic carbocycles. The molecule has 0 aliphatic carbocycles. The van der Waals surface area contributed by atoms with Crippen LogP contribution in [-0.4, -0.2) is 29.1 Å². The Balaban J connectivity index is 1.44. The van der Waals surface area contributed by atoms with Crippen molar-refractivity contribution in [2.45, 2.75) is 39.3 Å². The molecule has 1 aliphatic heterocycles. The first-order valence-electron chi connectivity index (χ1n) is 9.00. The van der Waals surface area contributed by atoms with Gasteiger partial charge in [-0.1, -0.05) is 36.4 Å². The molecule has 1 aliphatic rings. The monoisotopic (exact) mass is 353 g/mol. The molecule has 25 heavy (non-hydrogen) atoms. The second-order valence-electron chi connectivity index (χ2n) is 7.01. The largest absolute Gasteiger partial charge is 0.360 e. The van der Waals surface area contributed by atoms with E-state index in [-0.39, 0.29) is 0 Å². The molecule has 0 saturated carbocycles. The number of rotatable bonds is 4. The fourth-order valence-electron chi connectivity index (χ4n) is 3.48. The SMILES string of the molecule is Cc1cc(C)cc(NC(=S)NC2CCN(Cc3ccccc3)CC2)c1. The Kier molecular flexibility index (Phi) is 6.05. The molecule has 0 radical (unpaired) electrons. The molecule has 132 valence electrons. The van der Waals surface area contributed by atoms with Crippen LogP contribution in [0, 0.1) is 13.8 Å². The normalized spacial score (nSPS) is 15.8. The quantitative estimate of drug-likeness (QED) is 0.804. The van der Waals surface area contributed by atoms with E-state index in [1.54, 1.807) is 0 Å². The minimum absolute atomic E-state index is 0.456. The van der Waals surface area contributed by atoms with Crippen LogP contribution in [0.4, 0.5) is 5.69 Å². The van der Waals surface area contributed by atoms with E-state index >= 15 is 0 Å². The van der Waals surface area contributed by atoms with Crippen LogP contribution in [-0.2, 0) is 6.54 Å². The van der Waals surface area contributed by atoms with E-state index in [9.17, 15) is 0 Å². The zero-order chi connectivity index (χ0) is 17.6. The smallest absolute Gasteiger partial charge is 0.170 e. The number of nitrogens with one attached hydrogen (secondary N) is 2. The van der Waals surface area contributed by atoms with Crippen LogP contribution in [0.5, 0.6) is 0 Å². The Morgan fingerprint density at radius 3 is 2.32 bits per heavy atom. The summed E-state index contributed by atoms with van der Waals surface area (Å²) in [6.45, 7) is 7.48. The lowest BCUT2D eigenvalue weighted by atomic mass is 10.0. The Morgan fingerprint density at radius 1 is 1.04 bits per heavy atom. The average Bonchev–Trinajstić information content (AvgIpc) is 2.56. The molecule has 2 N–H and O–H groups in total. The summed E-state index contributed by atoms with van der Waals surface area (Å²) >= 11 is 5.50. The average molecular weight is 354 g/mol. The fraction of sp³-hybridized carbons (Fsp3) is 0.381. The molecule has 3 rings (SSSR count). The molecule has 0 spiro atoms. The Bertz CT molecular complexity index is 686. The fourth-order valence-corrected chi connectivity index (χ4v) is 3.76. The van der Waals surface area contributed by atoms with Gasteiger partial charge in [-0.2, -0.15) is 0 Å². The van der Waals surface area contributed by atoms with E-state index in [4.69, 9.17) is 12.2 Å². The highest BCUT2D eigenvalue weighted by Gasteiger charge is 2.19. The van der Waals surface area contributed by atoms with Crippen LogP contribution in [0.15, 0.2) is 48.5 Å². The van der Waals surface area contributed by atoms with Crippen molar-refractivity contribution in [3.05, 3.63) is 65.2 Å². The van der Waals surface area contributed by atoms with Crippen molar-refractivity contribution in [1.82, 2.24) is 10.2 Å². The summed E-state index contributed by atoms with van der Waals surface area (Å²) in [6.07, 6.45) is 2.25. The molecule has 3 nitrogen and oxygen atoms in total. The molecular weight excluding hydrogens is 326 g/mol. The third-order valence-electron chi connectivity index (χ3n) is 4.65. The van der Waals surface area contributed by atoms with E-state index in [1.165, 1.54) is 16.7 Å². The number of aryl methyl sites for hydroxylation is 2. The third-order valence-corrected chi connectivity index (χ3v) is 4.87. The third kappa shape index (κ3) is 5.55. The van der Waals surface area contributed by atoms with E-state index in [0.29, 0.717) is 6.04 Å². The highest BCUT2D eigenvalue weighted by molar-refractivity contribution is 7.80. The van der Waals surface area contributed by atoms with Gasteiger partial charge in [0.1, 0.15) is 0 Å². The Morgan fingerprint density at radius 2 is 1.68 bits per heavy atom. The van der Waals surface area contributed by atoms with Gasteiger partial charge in [-0.05, 0) is 67.7 Å². The molecule has 0 atom stereocenters. The van der Waals surface area contributed by atoms with Gasteiger partial charge in [-0.3, -0.25) is 4.90 Å². The summed E-state index contributed by atoms with van der Waals surface area (Å²) in [4.78, 5) is 2.52. The van der Waals surface area contributed by atoms with Crippen molar-refractivity contribution in [3.63, 3.8) is 0 Å². The molecule has 2 aromatic rings. The summed E-state index contributed by atoms with van der Waals surface area (Å²) in [5.74, 6) is 0. The van der Waals surface area contributed by atoms with Gasteiger partial charge in [0.2, 0.25) is 0 Å². The Labute approximate surface area is 156 Å². The number of benzene rings is 2. The number of anilines is 1. The van der Waals surface area contributed by atoms with Gasteiger partial charge in [0.25, 0.3) is 0 Å². The van der Waals surface area contributed by atoms with Crippen molar-refractivity contribution in [1.29, 1.82) is 0 Å². The number of hydrogen-bond acceptors (Lipinski definition) is 2. The van der Waals surface area contributed by atoms with Crippen LogP contribution in [0.1, 0.15) is 29.5 Å². The number of likely N-dealkylation sites (tertiary alicyclic amines) is 1. The molecular formula is C21H27N3S. The van der Waals surface area contributed by atoms with Crippen LogP contribution >= 0.6 is 12.2 Å². The standard InChI is InChI=1S/C21H27N3S/c1-16-12-17(2)14-20(13-16)23-21(25)22-19-8-10-24(11-9-19)15-18-6-4-3-5-7-18/h3-7,12-14,19H,8-11,15H2,1-2H3,(H2,22,23,25). The minimum atomic E-state index is 0.456. The van der Waals surface area contributed by atoms with Crippen molar-refractivity contribution in [3.8, 4) is 0 Å². The molecule has 4 heteroatoms. The van der Waals surface area contributed by atoms with E-state index < -0.39 is 0 Å². The highest BCUT2D eigenvalue weighted by atomic mass is 32.1. The summed E-state index contributed by atoms with van der Waals surface area (Å²) in [5.41, 5.74) is 4.96. The summed E-state index contributed by atoms with van der Waals surface area (Å²) in [5, 5.41) is 7.54. The van der Waals surface area contributed by atoms with Crippen LogP contribution in [0.3, 0.4) is 0 Å². The summed E-state index contributed by atoms with van der Waals surface area (Å²) in [6, 6.07) is 17.6. The summed E-state index contributed by atoms with van der Waals surface area (Å²) < 4.78 is 0. The first-order chi connectivity index (χ1) is 12.1. The first kappa shape index (κ1) is 17.9. The number of nitrogens with zero attached hydrogens (tertiary/aromatic N) is 1. The van der Waals surface area contributed by atoms with Crippen LogP contribution < -0.4 is 10.6 Å². The van der Waals surface area contributed by atoms with Gasteiger partial charge in [0.15, 0.2) is 5.11 Å². The molecule has 1 fully saturated rings. The van der Waals surface area contributed by atoms with Crippen LogP contribution in [0.2, 0.25) is 0 Å². The molecule has 0 bridgehead atoms. The minimum Gasteiger partial charge on any atom is -0.360 e. The van der Waals surface area contributed by atoms with Gasteiger partial charge >= 0.3 is 0 Å². The second kappa shape index (κ2) is 8.45. The highest BCUT2D eigenvalue weighted by Crippen LogP contribution is 2.16. The van der Waals surface area contributed by atoms with Gasteiger partial charge in [0.05, 0.1) is 0 Å². The molecule has 0 unspecified atom stereocenters. The van der Waals surface area contributed by atoms with E-state index in [2.05, 4.69) is 77.9 Å². The molecule has 1 saturated heterocycles. The Hall–Kier alpha value is -1.91. The predicted octanol–water partition coefficient (Wildman–Crippen LogP) is 4.25. The van der Waals surface area contributed by atoms with E-state index in [0.717, 1.165) is 43.3 Å². The lowest BCUT2D eigenvalue weighted by molar-refractivity contribution is 0.199. The maximum Gasteiger partial charge on any atom is 0.170 e. The van der Waals surface area contributed by atoms with Gasteiger partial charge in [0, 0.05) is 31.4 Å². The van der Waals surface area contributed by atoms with Gasteiger partial charge in [-0.15, -0.1) is 0 Å². The zero-order valence-corrected chi connectivity index (χ0v) is 15.9.